The van der Waals surface area contributed by atoms with Crippen LogP contribution in [0.5, 0.6) is 0 Å². The van der Waals surface area contributed by atoms with Gasteiger partial charge in [-0.15, -0.1) is 0 Å². The van der Waals surface area contributed by atoms with Gasteiger partial charge in [-0.1, -0.05) is 18.2 Å². The summed E-state index contributed by atoms with van der Waals surface area (Å²) in [5.41, 5.74) is 3.36. The molecule has 5 heteroatoms. The van der Waals surface area contributed by atoms with Gasteiger partial charge >= 0.3 is 0 Å². The average molecular weight is 348 g/mol. The molecule has 4 nitrogen and oxygen atoms in total. The Morgan fingerprint density at radius 1 is 1.38 bits per heavy atom. The number of benzene rings is 1. The molecule has 2 N–H and O–H groups in total. The Kier molecular flexibility index (Phi) is 4.29. The summed E-state index contributed by atoms with van der Waals surface area (Å²) in [5.74, 6) is -0.0532. The van der Waals surface area contributed by atoms with Gasteiger partial charge in [0.1, 0.15) is 5.69 Å². The second-order valence-corrected chi connectivity index (χ2v) is 6.12. The van der Waals surface area contributed by atoms with Crippen LogP contribution in [0.25, 0.3) is 0 Å². The molecule has 0 saturated heterocycles. The molecule has 1 aliphatic rings. The Balaban J connectivity index is 1.44. The molecule has 0 radical (unpaired) electrons. The number of carbonyl (C=O) groups is 1. The predicted molar refractivity (Wildman–Crippen MR) is 87.8 cm³/mol. The van der Waals surface area contributed by atoms with Crippen LogP contribution in [0.2, 0.25) is 0 Å². The number of aromatic nitrogens is 1. The highest BCUT2D eigenvalue weighted by atomic mass is 79.9. The second kappa shape index (κ2) is 6.35. The molecule has 110 valence electrons. The maximum Gasteiger partial charge on any atom is 0.267 e. The van der Waals surface area contributed by atoms with Crippen molar-refractivity contribution in [3.63, 3.8) is 0 Å². The number of carbonyl (C=O) groups excluding carboxylic acids is 1. The molecule has 0 bridgehead atoms. The molecule has 1 aliphatic heterocycles. The Morgan fingerprint density at radius 3 is 3.05 bits per heavy atom. The quantitative estimate of drug-likeness (QED) is 0.817. The number of nitrogens with one attached hydrogen (secondary N) is 2. The molecule has 3 rings (SSSR count). The van der Waals surface area contributed by atoms with Crippen LogP contribution in [-0.2, 0) is 6.42 Å². The van der Waals surface area contributed by atoms with E-state index in [2.05, 4.69) is 55.4 Å². The van der Waals surface area contributed by atoms with Crippen molar-refractivity contribution in [2.24, 2.45) is 0 Å². The van der Waals surface area contributed by atoms with Crippen LogP contribution >= 0.6 is 15.9 Å². The van der Waals surface area contributed by atoms with Gasteiger partial charge in [0.15, 0.2) is 0 Å². The lowest BCUT2D eigenvalue weighted by Crippen LogP contribution is -2.29. The highest BCUT2D eigenvalue weighted by Crippen LogP contribution is 2.27. The van der Waals surface area contributed by atoms with Crippen molar-refractivity contribution in [2.45, 2.75) is 12.8 Å². The van der Waals surface area contributed by atoms with Gasteiger partial charge in [0, 0.05) is 36.0 Å². The standard InChI is InChI=1S/C16H18BrN3O/c17-13-10-14(19-11-13)16(21)18-7-3-8-20-9-6-12-4-1-2-5-15(12)20/h1-2,4-5,10-11,19H,3,6-9H2,(H,18,21). The number of rotatable bonds is 5. The maximum atomic E-state index is 11.9. The zero-order chi connectivity index (χ0) is 14.7. The fraction of sp³-hybridized carbons (Fsp3) is 0.312. The van der Waals surface area contributed by atoms with Crippen LogP contribution in [0.4, 0.5) is 5.69 Å². The van der Waals surface area contributed by atoms with E-state index < -0.39 is 0 Å². The SMILES string of the molecule is O=C(NCCCN1CCc2ccccc21)c1cc(Br)c[nH]1. The van der Waals surface area contributed by atoms with Crippen LogP contribution in [0, 0.1) is 0 Å². The number of aromatic amines is 1. The molecular weight excluding hydrogens is 330 g/mol. The van der Waals surface area contributed by atoms with E-state index >= 15 is 0 Å². The summed E-state index contributed by atoms with van der Waals surface area (Å²) >= 11 is 3.32. The number of amides is 1. The molecule has 0 fully saturated rings. The fourth-order valence-electron chi connectivity index (χ4n) is 2.70. The number of fused-ring (bicyclic) bond motifs is 1. The molecule has 0 spiro atoms. The van der Waals surface area contributed by atoms with Crippen LogP contribution < -0.4 is 10.2 Å². The first-order chi connectivity index (χ1) is 10.2. The normalized spacial score (nSPS) is 13.3. The largest absolute Gasteiger partial charge is 0.371 e. The molecular formula is C16H18BrN3O. The van der Waals surface area contributed by atoms with Gasteiger partial charge in [-0.3, -0.25) is 4.79 Å². The summed E-state index contributed by atoms with van der Waals surface area (Å²) in [6, 6.07) is 10.3. The van der Waals surface area contributed by atoms with E-state index in [4.69, 9.17) is 0 Å². The first kappa shape index (κ1) is 14.2. The van der Waals surface area contributed by atoms with Crippen molar-refractivity contribution in [3.05, 3.63) is 52.3 Å². The smallest absolute Gasteiger partial charge is 0.267 e. The minimum absolute atomic E-state index is 0.0532. The zero-order valence-corrected chi connectivity index (χ0v) is 13.3. The fourth-order valence-corrected chi connectivity index (χ4v) is 3.05. The van der Waals surface area contributed by atoms with Gasteiger partial charge in [-0.2, -0.15) is 0 Å². The topological polar surface area (TPSA) is 48.1 Å². The van der Waals surface area contributed by atoms with Gasteiger partial charge in [-0.05, 0) is 46.5 Å². The number of H-pyrrole nitrogens is 1. The molecule has 21 heavy (non-hydrogen) atoms. The summed E-state index contributed by atoms with van der Waals surface area (Å²) < 4.78 is 0.890. The second-order valence-electron chi connectivity index (χ2n) is 5.21. The highest BCUT2D eigenvalue weighted by molar-refractivity contribution is 9.10. The summed E-state index contributed by atoms with van der Waals surface area (Å²) in [4.78, 5) is 17.2. The van der Waals surface area contributed by atoms with E-state index in [1.54, 1.807) is 12.3 Å². The molecule has 2 aromatic rings. The Bertz CT molecular complexity index is 638. The molecule has 1 aromatic heterocycles. The third-order valence-electron chi connectivity index (χ3n) is 3.77. The van der Waals surface area contributed by atoms with E-state index in [9.17, 15) is 4.79 Å². The Labute approximate surface area is 132 Å². The average Bonchev–Trinajstić information content (AvgIpc) is 3.10. The maximum absolute atomic E-state index is 11.9. The number of hydrogen-bond donors (Lipinski definition) is 2. The monoisotopic (exact) mass is 347 g/mol. The summed E-state index contributed by atoms with van der Waals surface area (Å²) in [5, 5.41) is 2.94. The lowest BCUT2D eigenvalue weighted by atomic mass is 10.2. The lowest BCUT2D eigenvalue weighted by Gasteiger charge is -2.19. The van der Waals surface area contributed by atoms with Crippen molar-refractivity contribution in [1.82, 2.24) is 10.3 Å². The first-order valence-electron chi connectivity index (χ1n) is 7.19. The van der Waals surface area contributed by atoms with Gasteiger partial charge in [0.2, 0.25) is 0 Å². The number of halogens is 1. The summed E-state index contributed by atoms with van der Waals surface area (Å²) in [6.07, 6.45) is 3.83. The third-order valence-corrected chi connectivity index (χ3v) is 4.22. The van der Waals surface area contributed by atoms with E-state index in [-0.39, 0.29) is 5.91 Å². The van der Waals surface area contributed by atoms with E-state index in [0.717, 1.165) is 30.4 Å². The Morgan fingerprint density at radius 2 is 2.24 bits per heavy atom. The van der Waals surface area contributed by atoms with Crippen molar-refractivity contribution in [1.29, 1.82) is 0 Å². The van der Waals surface area contributed by atoms with E-state index in [1.807, 2.05) is 0 Å². The van der Waals surface area contributed by atoms with E-state index in [0.29, 0.717) is 12.2 Å². The summed E-state index contributed by atoms with van der Waals surface area (Å²) in [6.45, 7) is 2.75. The molecule has 1 aromatic carbocycles. The van der Waals surface area contributed by atoms with Gasteiger partial charge < -0.3 is 15.2 Å². The van der Waals surface area contributed by atoms with Crippen LogP contribution in [0.1, 0.15) is 22.5 Å². The van der Waals surface area contributed by atoms with Crippen molar-refractivity contribution < 1.29 is 4.79 Å². The number of nitrogens with zero attached hydrogens (tertiary/aromatic N) is 1. The molecule has 1 amide bonds. The Hall–Kier alpha value is -1.75. The van der Waals surface area contributed by atoms with Gasteiger partial charge in [0.05, 0.1) is 0 Å². The number of hydrogen-bond acceptors (Lipinski definition) is 2. The minimum atomic E-state index is -0.0532. The highest BCUT2D eigenvalue weighted by Gasteiger charge is 2.17. The summed E-state index contributed by atoms with van der Waals surface area (Å²) in [7, 11) is 0. The third kappa shape index (κ3) is 3.29. The molecule has 0 saturated carbocycles. The van der Waals surface area contributed by atoms with Crippen molar-refractivity contribution in [2.75, 3.05) is 24.5 Å². The van der Waals surface area contributed by atoms with Gasteiger partial charge in [-0.25, -0.2) is 0 Å². The lowest BCUT2D eigenvalue weighted by molar-refractivity contribution is 0.0949. The van der Waals surface area contributed by atoms with Crippen LogP contribution in [0.3, 0.4) is 0 Å². The van der Waals surface area contributed by atoms with Gasteiger partial charge in [0.25, 0.3) is 5.91 Å². The first-order valence-corrected chi connectivity index (χ1v) is 7.98. The van der Waals surface area contributed by atoms with Crippen LogP contribution in [0.15, 0.2) is 41.0 Å². The van der Waals surface area contributed by atoms with E-state index in [1.165, 1.54) is 11.3 Å². The van der Waals surface area contributed by atoms with Crippen molar-refractivity contribution in [3.8, 4) is 0 Å². The zero-order valence-electron chi connectivity index (χ0n) is 11.7. The predicted octanol–water partition coefficient (Wildman–Crippen LogP) is 2.96. The number of para-hydroxylation sites is 1. The molecule has 0 unspecified atom stereocenters. The molecule has 2 heterocycles. The van der Waals surface area contributed by atoms with Crippen LogP contribution in [-0.4, -0.2) is 30.5 Å². The van der Waals surface area contributed by atoms with Crippen molar-refractivity contribution >= 4 is 27.5 Å². The molecule has 0 atom stereocenters. The minimum Gasteiger partial charge on any atom is -0.371 e. The number of anilines is 1. The molecule has 0 aliphatic carbocycles.